The van der Waals surface area contributed by atoms with Gasteiger partial charge in [0.15, 0.2) is 0 Å². The first-order valence-corrected chi connectivity index (χ1v) is 6.65. The summed E-state index contributed by atoms with van der Waals surface area (Å²) in [5, 5.41) is 3.38. The van der Waals surface area contributed by atoms with Crippen LogP contribution in [0.25, 0.3) is 0 Å². The molecule has 5 heteroatoms. The van der Waals surface area contributed by atoms with E-state index in [9.17, 15) is 4.79 Å². The lowest BCUT2D eigenvalue weighted by atomic mass is 10.0. The number of piperidine rings is 1. The summed E-state index contributed by atoms with van der Waals surface area (Å²) in [5.74, 6) is 5.02. The van der Waals surface area contributed by atoms with Crippen LogP contribution < -0.4 is 16.6 Å². The highest BCUT2D eigenvalue weighted by molar-refractivity contribution is 5.75. The molecule has 1 unspecified atom stereocenters. The summed E-state index contributed by atoms with van der Waals surface area (Å²) in [4.78, 5) is 13.7. The number of nitrogens with two attached hydrogens (primary N) is 1. The third kappa shape index (κ3) is 4.61. The fourth-order valence-electron chi connectivity index (χ4n) is 2.65. The van der Waals surface area contributed by atoms with E-state index in [1.165, 1.54) is 12.8 Å². The molecule has 1 aliphatic rings. The Balaban J connectivity index is 2.39. The maximum atomic E-state index is 11.1. The topological polar surface area (TPSA) is 70.4 Å². The van der Waals surface area contributed by atoms with Gasteiger partial charge in [-0.1, -0.05) is 6.92 Å². The third-order valence-electron chi connectivity index (χ3n) is 3.66. The molecular formula is C12H26N4O. The molecule has 0 aromatic rings. The van der Waals surface area contributed by atoms with Crippen molar-refractivity contribution in [3.8, 4) is 0 Å². The normalized spacial score (nSPS) is 19.3. The van der Waals surface area contributed by atoms with Crippen molar-refractivity contribution >= 4 is 5.91 Å². The number of nitrogens with zero attached hydrogens (tertiary/aromatic N) is 1. The van der Waals surface area contributed by atoms with Gasteiger partial charge < -0.3 is 5.32 Å². The van der Waals surface area contributed by atoms with Crippen LogP contribution in [0, 0.1) is 0 Å². The first-order valence-electron chi connectivity index (χ1n) is 6.65. The zero-order chi connectivity index (χ0) is 12.7. The quantitative estimate of drug-likeness (QED) is 0.354. The van der Waals surface area contributed by atoms with Crippen molar-refractivity contribution in [2.45, 2.75) is 51.6 Å². The van der Waals surface area contributed by atoms with E-state index in [1.807, 2.05) is 0 Å². The number of carbonyl (C=O) groups is 1. The average Bonchev–Trinajstić information content (AvgIpc) is 2.38. The van der Waals surface area contributed by atoms with Gasteiger partial charge in [0.1, 0.15) is 0 Å². The molecule has 0 saturated carbocycles. The molecule has 0 spiro atoms. The van der Waals surface area contributed by atoms with E-state index in [4.69, 9.17) is 5.84 Å². The maximum absolute atomic E-state index is 11.1. The van der Waals surface area contributed by atoms with Crippen LogP contribution in [0.2, 0.25) is 0 Å². The molecule has 0 aliphatic carbocycles. The minimum absolute atomic E-state index is 0.0711. The zero-order valence-electron chi connectivity index (χ0n) is 11.0. The zero-order valence-corrected chi connectivity index (χ0v) is 11.0. The molecule has 1 heterocycles. The summed E-state index contributed by atoms with van der Waals surface area (Å²) in [5.41, 5.74) is 2.19. The average molecular weight is 242 g/mol. The van der Waals surface area contributed by atoms with Gasteiger partial charge in [-0.15, -0.1) is 0 Å². The van der Waals surface area contributed by atoms with Crippen molar-refractivity contribution < 1.29 is 4.79 Å². The van der Waals surface area contributed by atoms with Crippen molar-refractivity contribution in [2.24, 2.45) is 5.84 Å². The first-order chi connectivity index (χ1) is 8.19. The number of hydrazine groups is 1. The standard InChI is InChI=1S/C12H26N4O/c1-3-16(11-6-8-14-9-7-11)10(2)4-5-12(17)15-13/h10-11,14H,3-9,13H2,1-2H3,(H,15,17). The van der Waals surface area contributed by atoms with E-state index in [0.717, 1.165) is 26.1 Å². The number of rotatable bonds is 6. The van der Waals surface area contributed by atoms with E-state index in [2.05, 4.69) is 29.5 Å². The molecule has 1 saturated heterocycles. The second kappa shape index (κ2) is 7.63. The molecule has 0 bridgehead atoms. The van der Waals surface area contributed by atoms with Gasteiger partial charge in [-0.3, -0.25) is 15.1 Å². The summed E-state index contributed by atoms with van der Waals surface area (Å²) in [6.07, 6.45) is 3.81. The Labute approximate surface area is 104 Å². The van der Waals surface area contributed by atoms with Gasteiger partial charge in [0, 0.05) is 18.5 Å². The van der Waals surface area contributed by atoms with E-state index in [0.29, 0.717) is 18.5 Å². The number of amides is 1. The molecule has 0 aromatic carbocycles. The smallest absolute Gasteiger partial charge is 0.233 e. The van der Waals surface area contributed by atoms with Gasteiger partial charge in [0.05, 0.1) is 0 Å². The summed E-state index contributed by atoms with van der Waals surface area (Å²) in [6.45, 7) is 7.67. The maximum Gasteiger partial charge on any atom is 0.233 e. The lowest BCUT2D eigenvalue weighted by molar-refractivity contribution is -0.121. The largest absolute Gasteiger partial charge is 0.317 e. The van der Waals surface area contributed by atoms with Gasteiger partial charge in [-0.05, 0) is 45.8 Å². The summed E-state index contributed by atoms with van der Waals surface area (Å²) >= 11 is 0. The van der Waals surface area contributed by atoms with Gasteiger partial charge in [0.2, 0.25) is 5.91 Å². The van der Waals surface area contributed by atoms with Crippen molar-refractivity contribution in [1.29, 1.82) is 0 Å². The lowest BCUT2D eigenvalue weighted by Gasteiger charge is -2.38. The van der Waals surface area contributed by atoms with E-state index >= 15 is 0 Å². The second-order valence-electron chi connectivity index (χ2n) is 4.77. The Hall–Kier alpha value is -0.650. The van der Waals surface area contributed by atoms with Crippen LogP contribution in [0.15, 0.2) is 0 Å². The van der Waals surface area contributed by atoms with Crippen LogP contribution in [-0.2, 0) is 4.79 Å². The lowest BCUT2D eigenvalue weighted by Crippen LogP contribution is -2.47. The fraction of sp³-hybridized carbons (Fsp3) is 0.917. The van der Waals surface area contributed by atoms with Crippen LogP contribution in [-0.4, -0.2) is 42.5 Å². The SMILES string of the molecule is CCN(C(C)CCC(=O)NN)C1CCNCC1. The van der Waals surface area contributed by atoms with E-state index in [-0.39, 0.29) is 5.91 Å². The van der Waals surface area contributed by atoms with Crippen LogP contribution in [0.5, 0.6) is 0 Å². The van der Waals surface area contributed by atoms with Gasteiger partial charge in [-0.2, -0.15) is 0 Å². The molecule has 100 valence electrons. The Morgan fingerprint density at radius 2 is 2.18 bits per heavy atom. The van der Waals surface area contributed by atoms with E-state index in [1.54, 1.807) is 0 Å². The monoisotopic (exact) mass is 242 g/mol. The first kappa shape index (κ1) is 14.4. The molecule has 1 amide bonds. The summed E-state index contributed by atoms with van der Waals surface area (Å²) in [7, 11) is 0. The number of nitrogens with one attached hydrogen (secondary N) is 2. The molecule has 4 N–H and O–H groups in total. The van der Waals surface area contributed by atoms with Crippen LogP contribution in [0.1, 0.15) is 39.5 Å². The van der Waals surface area contributed by atoms with Gasteiger partial charge >= 0.3 is 0 Å². The molecule has 1 atom stereocenters. The van der Waals surface area contributed by atoms with Gasteiger partial charge in [0.25, 0.3) is 0 Å². The molecule has 1 rings (SSSR count). The second-order valence-corrected chi connectivity index (χ2v) is 4.77. The Bertz CT molecular complexity index is 229. The Kier molecular flexibility index (Phi) is 6.47. The predicted octanol–water partition coefficient (Wildman–Crippen LogP) is 0.219. The molecule has 1 fully saturated rings. The minimum atomic E-state index is -0.0711. The molecular weight excluding hydrogens is 216 g/mol. The summed E-state index contributed by atoms with van der Waals surface area (Å²) < 4.78 is 0. The summed E-state index contributed by atoms with van der Waals surface area (Å²) in [6, 6.07) is 1.11. The van der Waals surface area contributed by atoms with Gasteiger partial charge in [-0.25, -0.2) is 5.84 Å². The molecule has 0 radical (unpaired) electrons. The van der Waals surface area contributed by atoms with Crippen LogP contribution in [0.3, 0.4) is 0 Å². The predicted molar refractivity (Wildman–Crippen MR) is 69.3 cm³/mol. The highest BCUT2D eigenvalue weighted by Crippen LogP contribution is 2.17. The molecule has 5 nitrogen and oxygen atoms in total. The van der Waals surface area contributed by atoms with Crippen molar-refractivity contribution in [3.05, 3.63) is 0 Å². The minimum Gasteiger partial charge on any atom is -0.317 e. The third-order valence-corrected chi connectivity index (χ3v) is 3.66. The number of hydrogen-bond donors (Lipinski definition) is 3. The highest BCUT2D eigenvalue weighted by Gasteiger charge is 2.23. The van der Waals surface area contributed by atoms with Crippen LogP contribution in [0.4, 0.5) is 0 Å². The fourth-order valence-corrected chi connectivity index (χ4v) is 2.65. The molecule has 1 aliphatic heterocycles. The highest BCUT2D eigenvalue weighted by atomic mass is 16.2. The van der Waals surface area contributed by atoms with Crippen molar-refractivity contribution in [1.82, 2.24) is 15.6 Å². The van der Waals surface area contributed by atoms with Crippen LogP contribution >= 0.6 is 0 Å². The number of carbonyl (C=O) groups excluding carboxylic acids is 1. The Morgan fingerprint density at radius 1 is 1.53 bits per heavy atom. The Morgan fingerprint density at radius 3 is 2.71 bits per heavy atom. The molecule has 0 aromatic heterocycles. The molecule has 17 heavy (non-hydrogen) atoms. The van der Waals surface area contributed by atoms with Crippen molar-refractivity contribution in [3.63, 3.8) is 0 Å². The number of hydrogen-bond acceptors (Lipinski definition) is 4. The van der Waals surface area contributed by atoms with Crippen molar-refractivity contribution in [2.75, 3.05) is 19.6 Å². The van der Waals surface area contributed by atoms with E-state index < -0.39 is 0 Å².